The van der Waals surface area contributed by atoms with Crippen LogP contribution in [0.25, 0.3) is 0 Å². The fourth-order valence-corrected chi connectivity index (χ4v) is 3.34. The Labute approximate surface area is 113 Å². The summed E-state index contributed by atoms with van der Waals surface area (Å²) < 4.78 is 0. The summed E-state index contributed by atoms with van der Waals surface area (Å²) in [5, 5.41) is 12.6. The Balaban J connectivity index is 2.56. The van der Waals surface area contributed by atoms with E-state index in [2.05, 4.69) is 38.0 Å². The highest BCUT2D eigenvalue weighted by Gasteiger charge is 2.31. The normalized spacial score (nSPS) is 29.2. The lowest BCUT2D eigenvalue weighted by Gasteiger charge is -2.40. The van der Waals surface area contributed by atoms with E-state index < -0.39 is 0 Å². The Kier molecular flexibility index (Phi) is 7.20. The first-order valence-electron chi connectivity index (χ1n) is 7.62. The molecule has 3 nitrogen and oxygen atoms in total. The summed E-state index contributed by atoms with van der Waals surface area (Å²) in [6, 6.07) is 0.660. The number of aliphatic hydroxyl groups excluding tert-OH is 1. The highest BCUT2D eigenvalue weighted by atomic mass is 16.3. The molecule has 0 radical (unpaired) electrons. The minimum Gasteiger partial charge on any atom is -0.395 e. The molecular weight excluding hydrogens is 224 g/mol. The van der Waals surface area contributed by atoms with Gasteiger partial charge >= 0.3 is 0 Å². The van der Waals surface area contributed by atoms with Crippen molar-refractivity contribution in [3.05, 3.63) is 0 Å². The monoisotopic (exact) mass is 256 g/mol. The van der Waals surface area contributed by atoms with Crippen LogP contribution >= 0.6 is 0 Å². The summed E-state index contributed by atoms with van der Waals surface area (Å²) >= 11 is 0. The summed E-state index contributed by atoms with van der Waals surface area (Å²) in [5.41, 5.74) is 0. The summed E-state index contributed by atoms with van der Waals surface area (Å²) in [6.07, 6.45) is 4.01. The number of hydrogen-bond donors (Lipinski definition) is 2. The molecule has 3 heteroatoms. The Morgan fingerprint density at radius 2 is 2.06 bits per heavy atom. The van der Waals surface area contributed by atoms with Gasteiger partial charge in [0.15, 0.2) is 0 Å². The second-order valence-electron chi connectivity index (χ2n) is 6.09. The number of nitrogens with zero attached hydrogens (tertiary/aromatic N) is 1. The van der Waals surface area contributed by atoms with Gasteiger partial charge in [-0.1, -0.05) is 20.8 Å². The van der Waals surface area contributed by atoms with E-state index >= 15 is 0 Å². The molecule has 1 aliphatic rings. The van der Waals surface area contributed by atoms with Gasteiger partial charge in [-0.15, -0.1) is 0 Å². The molecule has 0 aromatic carbocycles. The Morgan fingerprint density at radius 1 is 1.33 bits per heavy atom. The lowest BCUT2D eigenvalue weighted by atomic mass is 9.73. The number of likely N-dealkylation sites (N-methyl/N-ethyl adjacent to an activating group) is 1. The van der Waals surface area contributed by atoms with Crippen molar-refractivity contribution in [1.29, 1.82) is 0 Å². The van der Waals surface area contributed by atoms with Crippen LogP contribution in [0.1, 0.15) is 40.0 Å². The largest absolute Gasteiger partial charge is 0.395 e. The third kappa shape index (κ3) is 4.52. The van der Waals surface area contributed by atoms with Crippen molar-refractivity contribution in [2.24, 2.45) is 17.8 Å². The summed E-state index contributed by atoms with van der Waals surface area (Å²) in [4.78, 5) is 2.39. The SMILES string of the molecule is CCN(CCO)CC1CC(C(C)C)CCC1NC. The topological polar surface area (TPSA) is 35.5 Å². The maximum Gasteiger partial charge on any atom is 0.0558 e. The molecular formula is C15H32N2O. The van der Waals surface area contributed by atoms with Crippen molar-refractivity contribution >= 4 is 0 Å². The van der Waals surface area contributed by atoms with Crippen molar-refractivity contribution in [3.63, 3.8) is 0 Å². The third-order valence-electron chi connectivity index (χ3n) is 4.69. The maximum atomic E-state index is 9.10. The van der Waals surface area contributed by atoms with Gasteiger partial charge in [-0.2, -0.15) is 0 Å². The van der Waals surface area contributed by atoms with E-state index in [0.29, 0.717) is 6.04 Å². The minimum atomic E-state index is 0.276. The van der Waals surface area contributed by atoms with Crippen LogP contribution in [-0.4, -0.2) is 49.3 Å². The van der Waals surface area contributed by atoms with Crippen molar-refractivity contribution in [3.8, 4) is 0 Å². The molecule has 0 spiro atoms. The number of aliphatic hydroxyl groups is 1. The maximum absolute atomic E-state index is 9.10. The molecule has 1 saturated carbocycles. The van der Waals surface area contributed by atoms with E-state index in [0.717, 1.165) is 37.4 Å². The van der Waals surface area contributed by atoms with Gasteiger partial charge in [0.25, 0.3) is 0 Å². The zero-order chi connectivity index (χ0) is 13.5. The molecule has 1 rings (SSSR count). The molecule has 0 aromatic heterocycles. The molecule has 18 heavy (non-hydrogen) atoms. The molecule has 1 aliphatic carbocycles. The number of hydrogen-bond acceptors (Lipinski definition) is 3. The molecule has 0 aromatic rings. The van der Waals surface area contributed by atoms with Crippen molar-refractivity contribution in [2.45, 2.75) is 46.1 Å². The van der Waals surface area contributed by atoms with E-state index in [1.165, 1.54) is 19.3 Å². The lowest BCUT2D eigenvalue weighted by Crippen LogP contribution is -2.45. The van der Waals surface area contributed by atoms with Crippen molar-refractivity contribution in [1.82, 2.24) is 10.2 Å². The summed E-state index contributed by atoms with van der Waals surface area (Å²) in [7, 11) is 2.09. The second kappa shape index (κ2) is 8.13. The van der Waals surface area contributed by atoms with Gasteiger partial charge in [0.2, 0.25) is 0 Å². The quantitative estimate of drug-likeness (QED) is 0.731. The van der Waals surface area contributed by atoms with Gasteiger partial charge in [0, 0.05) is 19.1 Å². The first kappa shape index (κ1) is 15.9. The van der Waals surface area contributed by atoms with Crippen LogP contribution in [0, 0.1) is 17.8 Å². The molecule has 0 bridgehead atoms. The van der Waals surface area contributed by atoms with Gasteiger partial charge in [0.1, 0.15) is 0 Å². The molecule has 0 amide bonds. The number of nitrogens with one attached hydrogen (secondary N) is 1. The predicted octanol–water partition coefficient (Wildman–Crippen LogP) is 1.96. The van der Waals surface area contributed by atoms with E-state index in [1.54, 1.807) is 0 Å². The van der Waals surface area contributed by atoms with E-state index in [4.69, 9.17) is 5.11 Å². The zero-order valence-electron chi connectivity index (χ0n) is 12.7. The Hall–Kier alpha value is -0.120. The van der Waals surface area contributed by atoms with Gasteiger partial charge < -0.3 is 15.3 Å². The van der Waals surface area contributed by atoms with Gasteiger partial charge in [-0.25, -0.2) is 0 Å². The molecule has 0 saturated heterocycles. The Morgan fingerprint density at radius 3 is 2.56 bits per heavy atom. The van der Waals surface area contributed by atoms with Gasteiger partial charge in [-0.05, 0) is 50.6 Å². The molecule has 3 unspecified atom stereocenters. The van der Waals surface area contributed by atoms with Crippen LogP contribution in [0.5, 0.6) is 0 Å². The van der Waals surface area contributed by atoms with Crippen molar-refractivity contribution in [2.75, 3.05) is 33.3 Å². The van der Waals surface area contributed by atoms with Crippen LogP contribution in [-0.2, 0) is 0 Å². The predicted molar refractivity (Wildman–Crippen MR) is 77.7 cm³/mol. The van der Waals surface area contributed by atoms with Gasteiger partial charge in [0.05, 0.1) is 6.61 Å². The molecule has 108 valence electrons. The molecule has 2 N–H and O–H groups in total. The fourth-order valence-electron chi connectivity index (χ4n) is 3.34. The highest BCUT2D eigenvalue weighted by molar-refractivity contribution is 4.86. The lowest BCUT2D eigenvalue weighted by molar-refractivity contribution is 0.115. The minimum absolute atomic E-state index is 0.276. The van der Waals surface area contributed by atoms with Crippen molar-refractivity contribution < 1.29 is 5.11 Å². The summed E-state index contributed by atoms with van der Waals surface area (Å²) in [6.45, 7) is 10.2. The van der Waals surface area contributed by atoms with E-state index in [1.807, 2.05) is 0 Å². The standard InChI is InChI=1S/C15H32N2O/c1-5-17(8-9-18)11-14-10-13(12(2)3)6-7-15(14)16-4/h12-16,18H,5-11H2,1-4H3. The van der Waals surface area contributed by atoms with Crippen LogP contribution < -0.4 is 5.32 Å². The Bertz CT molecular complexity index is 221. The molecule has 0 heterocycles. The number of rotatable bonds is 7. The molecule has 3 atom stereocenters. The van der Waals surface area contributed by atoms with Crippen LogP contribution in [0.15, 0.2) is 0 Å². The van der Waals surface area contributed by atoms with Crippen LogP contribution in [0.4, 0.5) is 0 Å². The summed E-state index contributed by atoms with van der Waals surface area (Å²) in [5.74, 6) is 2.42. The molecule has 0 aliphatic heterocycles. The third-order valence-corrected chi connectivity index (χ3v) is 4.69. The van der Waals surface area contributed by atoms with Gasteiger partial charge in [-0.3, -0.25) is 0 Å². The first-order valence-corrected chi connectivity index (χ1v) is 7.62. The fraction of sp³-hybridized carbons (Fsp3) is 1.00. The average Bonchev–Trinajstić information content (AvgIpc) is 2.37. The average molecular weight is 256 g/mol. The van der Waals surface area contributed by atoms with Crippen LogP contribution in [0.3, 0.4) is 0 Å². The zero-order valence-corrected chi connectivity index (χ0v) is 12.7. The highest BCUT2D eigenvalue weighted by Crippen LogP contribution is 2.34. The van der Waals surface area contributed by atoms with E-state index in [-0.39, 0.29) is 6.61 Å². The molecule has 1 fully saturated rings. The van der Waals surface area contributed by atoms with Crippen LogP contribution in [0.2, 0.25) is 0 Å². The second-order valence-corrected chi connectivity index (χ2v) is 6.09. The first-order chi connectivity index (χ1) is 8.62. The van der Waals surface area contributed by atoms with E-state index in [9.17, 15) is 0 Å². The smallest absolute Gasteiger partial charge is 0.0558 e.